The van der Waals surface area contributed by atoms with E-state index < -0.39 is 0 Å². The first-order valence-corrected chi connectivity index (χ1v) is 6.70. The summed E-state index contributed by atoms with van der Waals surface area (Å²) in [6, 6.07) is 10.4. The largest absolute Gasteiger partial charge is 0.329 e. The molecule has 2 aromatic rings. The Morgan fingerprint density at radius 3 is 2.53 bits per heavy atom. The molecule has 2 N–H and O–H groups in total. The van der Waals surface area contributed by atoms with Crippen LogP contribution in [0.4, 0.5) is 11.5 Å². The molecular weight excluding hydrogens is 258 g/mol. The minimum Gasteiger partial charge on any atom is -0.329 e. The SMILES string of the molecule is CCc1ccc(N(C)c2cc(CN)c(Cl)cn2)cc1. The molecule has 0 unspecified atom stereocenters. The van der Waals surface area contributed by atoms with Gasteiger partial charge in [-0.15, -0.1) is 0 Å². The maximum Gasteiger partial charge on any atom is 0.133 e. The second-order valence-corrected chi connectivity index (χ2v) is 4.82. The molecule has 0 saturated carbocycles. The maximum absolute atomic E-state index is 6.03. The number of aryl methyl sites for hydroxylation is 1. The van der Waals surface area contributed by atoms with Crippen molar-refractivity contribution in [1.29, 1.82) is 0 Å². The van der Waals surface area contributed by atoms with Gasteiger partial charge in [-0.25, -0.2) is 4.98 Å². The third-order valence-electron chi connectivity index (χ3n) is 3.22. The molecule has 0 saturated heterocycles. The van der Waals surface area contributed by atoms with Gasteiger partial charge in [0.1, 0.15) is 5.82 Å². The van der Waals surface area contributed by atoms with Crippen LogP contribution in [0.1, 0.15) is 18.1 Å². The lowest BCUT2D eigenvalue weighted by Crippen LogP contribution is -2.12. The summed E-state index contributed by atoms with van der Waals surface area (Å²) in [7, 11) is 1.98. The maximum atomic E-state index is 6.03. The third kappa shape index (κ3) is 3.06. The molecule has 0 amide bonds. The van der Waals surface area contributed by atoms with Crippen molar-refractivity contribution < 1.29 is 0 Å². The predicted molar refractivity (Wildman–Crippen MR) is 81.0 cm³/mol. The molecule has 2 rings (SSSR count). The normalized spacial score (nSPS) is 10.5. The third-order valence-corrected chi connectivity index (χ3v) is 3.56. The Hall–Kier alpha value is -1.58. The summed E-state index contributed by atoms with van der Waals surface area (Å²) < 4.78 is 0. The van der Waals surface area contributed by atoms with Crippen molar-refractivity contribution in [3.05, 3.63) is 52.7 Å². The Labute approximate surface area is 119 Å². The van der Waals surface area contributed by atoms with Crippen LogP contribution in [0.5, 0.6) is 0 Å². The second kappa shape index (κ2) is 6.04. The van der Waals surface area contributed by atoms with Gasteiger partial charge in [0.15, 0.2) is 0 Å². The van der Waals surface area contributed by atoms with E-state index in [9.17, 15) is 0 Å². The van der Waals surface area contributed by atoms with Crippen LogP contribution >= 0.6 is 11.6 Å². The number of hydrogen-bond acceptors (Lipinski definition) is 3. The summed E-state index contributed by atoms with van der Waals surface area (Å²) in [5.41, 5.74) is 8.99. The number of nitrogens with zero attached hydrogens (tertiary/aromatic N) is 2. The molecule has 0 aliphatic carbocycles. The Morgan fingerprint density at radius 1 is 1.26 bits per heavy atom. The van der Waals surface area contributed by atoms with E-state index in [2.05, 4.69) is 36.2 Å². The van der Waals surface area contributed by atoms with Crippen LogP contribution in [0.3, 0.4) is 0 Å². The zero-order valence-corrected chi connectivity index (χ0v) is 12.0. The van der Waals surface area contributed by atoms with Gasteiger partial charge in [-0.3, -0.25) is 0 Å². The molecule has 100 valence electrons. The fourth-order valence-electron chi connectivity index (χ4n) is 1.90. The second-order valence-electron chi connectivity index (χ2n) is 4.42. The molecule has 0 radical (unpaired) electrons. The molecule has 0 aliphatic rings. The highest BCUT2D eigenvalue weighted by Gasteiger charge is 2.08. The summed E-state index contributed by atoms with van der Waals surface area (Å²) in [5, 5.41) is 0.612. The highest BCUT2D eigenvalue weighted by molar-refractivity contribution is 6.31. The zero-order chi connectivity index (χ0) is 13.8. The van der Waals surface area contributed by atoms with Crippen LogP contribution in [0.25, 0.3) is 0 Å². The van der Waals surface area contributed by atoms with Crippen LogP contribution in [-0.4, -0.2) is 12.0 Å². The van der Waals surface area contributed by atoms with Crippen LogP contribution in [0.15, 0.2) is 36.5 Å². The summed E-state index contributed by atoms with van der Waals surface area (Å²) in [6.45, 7) is 2.56. The predicted octanol–water partition coefficient (Wildman–Crippen LogP) is 3.52. The van der Waals surface area contributed by atoms with E-state index in [1.54, 1.807) is 6.20 Å². The first-order chi connectivity index (χ1) is 9.15. The quantitative estimate of drug-likeness (QED) is 0.928. The summed E-state index contributed by atoms with van der Waals surface area (Å²) in [4.78, 5) is 6.37. The smallest absolute Gasteiger partial charge is 0.133 e. The van der Waals surface area contributed by atoms with Gasteiger partial charge in [-0.2, -0.15) is 0 Å². The molecule has 1 aromatic carbocycles. The van der Waals surface area contributed by atoms with Crippen molar-refractivity contribution >= 4 is 23.1 Å². The van der Waals surface area contributed by atoms with Crippen molar-refractivity contribution in [3.63, 3.8) is 0 Å². The van der Waals surface area contributed by atoms with Gasteiger partial charge >= 0.3 is 0 Å². The Bertz CT molecular complexity index is 552. The van der Waals surface area contributed by atoms with Gasteiger partial charge in [0.25, 0.3) is 0 Å². The van der Waals surface area contributed by atoms with Crippen LogP contribution < -0.4 is 10.6 Å². The number of aromatic nitrogens is 1. The number of halogens is 1. The molecule has 0 atom stereocenters. The van der Waals surface area contributed by atoms with Gasteiger partial charge in [0, 0.05) is 25.5 Å². The molecule has 0 fully saturated rings. The number of rotatable bonds is 4. The Balaban J connectivity index is 2.29. The Kier molecular flexibility index (Phi) is 4.40. The fourth-order valence-corrected chi connectivity index (χ4v) is 2.08. The monoisotopic (exact) mass is 275 g/mol. The van der Waals surface area contributed by atoms with Crippen molar-refractivity contribution in [3.8, 4) is 0 Å². The topological polar surface area (TPSA) is 42.1 Å². The fraction of sp³-hybridized carbons (Fsp3) is 0.267. The van der Waals surface area contributed by atoms with Gasteiger partial charge in [-0.1, -0.05) is 30.7 Å². The minimum absolute atomic E-state index is 0.414. The Morgan fingerprint density at radius 2 is 1.95 bits per heavy atom. The number of hydrogen-bond donors (Lipinski definition) is 1. The lowest BCUT2D eigenvalue weighted by molar-refractivity contribution is 1.04. The van der Waals surface area contributed by atoms with E-state index in [4.69, 9.17) is 17.3 Å². The van der Waals surface area contributed by atoms with Crippen molar-refractivity contribution in [2.24, 2.45) is 5.73 Å². The van der Waals surface area contributed by atoms with E-state index in [-0.39, 0.29) is 0 Å². The highest BCUT2D eigenvalue weighted by Crippen LogP contribution is 2.25. The molecule has 4 heteroatoms. The summed E-state index contributed by atoms with van der Waals surface area (Å²) in [5.74, 6) is 0.842. The number of anilines is 2. The summed E-state index contributed by atoms with van der Waals surface area (Å²) in [6.07, 6.45) is 2.69. The van der Waals surface area contributed by atoms with Gasteiger partial charge in [-0.05, 0) is 35.7 Å². The highest BCUT2D eigenvalue weighted by atomic mass is 35.5. The molecule has 1 heterocycles. The number of nitrogens with two attached hydrogens (primary N) is 1. The summed E-state index contributed by atoms with van der Waals surface area (Å²) >= 11 is 6.03. The van der Waals surface area contributed by atoms with E-state index in [0.29, 0.717) is 11.6 Å². The molecule has 0 aliphatic heterocycles. The van der Waals surface area contributed by atoms with E-state index >= 15 is 0 Å². The molecular formula is C15H18ClN3. The molecule has 0 bridgehead atoms. The number of benzene rings is 1. The lowest BCUT2D eigenvalue weighted by atomic mass is 10.1. The first-order valence-electron chi connectivity index (χ1n) is 6.33. The van der Waals surface area contributed by atoms with E-state index in [0.717, 1.165) is 23.5 Å². The standard InChI is InChI=1S/C15H18ClN3/c1-3-11-4-6-13(7-5-11)19(2)15-8-12(9-17)14(16)10-18-15/h4-8,10H,3,9,17H2,1-2H3. The molecule has 19 heavy (non-hydrogen) atoms. The van der Waals surface area contributed by atoms with E-state index in [1.807, 2.05) is 18.0 Å². The van der Waals surface area contributed by atoms with Gasteiger partial charge < -0.3 is 10.6 Å². The minimum atomic E-state index is 0.414. The zero-order valence-electron chi connectivity index (χ0n) is 11.2. The van der Waals surface area contributed by atoms with Crippen molar-refractivity contribution in [2.75, 3.05) is 11.9 Å². The van der Waals surface area contributed by atoms with Crippen molar-refractivity contribution in [2.45, 2.75) is 19.9 Å². The molecule has 3 nitrogen and oxygen atoms in total. The molecule has 0 spiro atoms. The van der Waals surface area contributed by atoms with Crippen LogP contribution in [0, 0.1) is 0 Å². The van der Waals surface area contributed by atoms with Gasteiger partial charge in [0.2, 0.25) is 0 Å². The first kappa shape index (κ1) is 13.8. The lowest BCUT2D eigenvalue weighted by Gasteiger charge is -2.19. The average molecular weight is 276 g/mol. The van der Waals surface area contributed by atoms with Gasteiger partial charge in [0.05, 0.1) is 5.02 Å². The average Bonchev–Trinajstić information content (AvgIpc) is 2.47. The molecule has 1 aromatic heterocycles. The van der Waals surface area contributed by atoms with Crippen LogP contribution in [-0.2, 0) is 13.0 Å². The van der Waals surface area contributed by atoms with Crippen molar-refractivity contribution in [1.82, 2.24) is 4.98 Å². The number of pyridine rings is 1. The van der Waals surface area contributed by atoms with E-state index in [1.165, 1.54) is 5.56 Å². The van der Waals surface area contributed by atoms with Crippen LogP contribution in [0.2, 0.25) is 5.02 Å².